The van der Waals surface area contributed by atoms with E-state index in [1.165, 1.54) is 81.2 Å². The van der Waals surface area contributed by atoms with Gasteiger partial charge in [0.15, 0.2) is 11.6 Å². The lowest BCUT2D eigenvalue weighted by Gasteiger charge is -2.16. The fourth-order valence-electron chi connectivity index (χ4n) is 10.2. The minimum Gasteiger partial charge on any atom is -0.308 e. The van der Waals surface area contributed by atoms with Crippen molar-refractivity contribution in [1.82, 2.24) is 23.5 Å². The van der Waals surface area contributed by atoms with Crippen LogP contribution in [0, 0.1) is 0 Å². The average molecular weight is 724 g/mol. The van der Waals surface area contributed by atoms with Gasteiger partial charge in [-0.2, -0.15) is 0 Å². The third-order valence-electron chi connectivity index (χ3n) is 12.5. The molecule has 0 unspecified atom stereocenters. The van der Waals surface area contributed by atoms with Crippen molar-refractivity contribution in [3.63, 3.8) is 0 Å². The van der Waals surface area contributed by atoms with E-state index < -0.39 is 0 Å². The molecule has 14 aromatic rings. The minimum atomic E-state index is 0.793. The largest absolute Gasteiger partial charge is 0.308 e. The molecule has 14 rings (SSSR count). The summed E-state index contributed by atoms with van der Waals surface area (Å²) in [7, 11) is 0. The SMILES string of the molecule is c1ccc2c(c1)ccc1c2c2ccccc2n1-c1nc2ccccc2nc1-n1c2ccccc2c2cc3c4ccccc4n4c5ccc6ccccc6c5c(c21)c34. The van der Waals surface area contributed by atoms with Crippen molar-refractivity contribution in [2.75, 3.05) is 0 Å². The molecule has 9 aromatic carbocycles. The number of hydrogen-bond acceptors (Lipinski definition) is 2. The molecule has 5 aromatic heterocycles. The first-order chi connectivity index (χ1) is 28.3. The molecule has 0 aliphatic carbocycles. The Labute approximate surface area is 324 Å². The highest BCUT2D eigenvalue weighted by atomic mass is 15.2. The zero-order valence-corrected chi connectivity index (χ0v) is 30.5. The number of fused-ring (bicyclic) bond motifs is 18. The first-order valence-corrected chi connectivity index (χ1v) is 19.5. The van der Waals surface area contributed by atoms with E-state index in [4.69, 9.17) is 9.97 Å². The number of hydrogen-bond donors (Lipinski definition) is 0. The summed E-state index contributed by atoms with van der Waals surface area (Å²) in [5, 5.41) is 14.7. The maximum Gasteiger partial charge on any atom is 0.182 e. The fourth-order valence-corrected chi connectivity index (χ4v) is 10.2. The van der Waals surface area contributed by atoms with Crippen molar-refractivity contribution in [2.24, 2.45) is 0 Å². The summed E-state index contributed by atoms with van der Waals surface area (Å²) in [4.78, 5) is 11.3. The molecule has 0 N–H and O–H groups in total. The molecular formula is C52H29N5. The monoisotopic (exact) mass is 723 g/mol. The number of aromatic nitrogens is 5. The predicted octanol–water partition coefficient (Wildman–Crippen LogP) is 13.3. The molecule has 0 spiro atoms. The van der Waals surface area contributed by atoms with E-state index in [0.29, 0.717) is 0 Å². The van der Waals surface area contributed by atoms with Crippen LogP contribution >= 0.6 is 0 Å². The molecule has 0 fully saturated rings. The molecular weight excluding hydrogens is 695 g/mol. The molecule has 0 atom stereocenters. The number of rotatable bonds is 2. The average Bonchev–Trinajstić information content (AvgIpc) is 4.00. The Morgan fingerprint density at radius 1 is 0.298 bits per heavy atom. The lowest BCUT2D eigenvalue weighted by molar-refractivity contribution is 0.998. The van der Waals surface area contributed by atoms with Gasteiger partial charge in [-0.1, -0.05) is 127 Å². The molecule has 0 saturated heterocycles. The van der Waals surface area contributed by atoms with Crippen LogP contribution in [0.25, 0.3) is 126 Å². The highest BCUT2D eigenvalue weighted by Crippen LogP contribution is 2.48. The summed E-state index contributed by atoms with van der Waals surface area (Å²) in [6.07, 6.45) is 0. The van der Waals surface area contributed by atoms with Crippen molar-refractivity contribution in [3.05, 3.63) is 176 Å². The molecule has 0 saturated carbocycles. The number of nitrogens with zero attached hydrogens (tertiary/aromatic N) is 5. The number of benzene rings is 9. The standard InChI is InChI=1S/C52H29N5/c1-3-15-32-30(13-1)25-27-44-46(32)36-19-7-12-24-43(36)56(44)51-52(54-40-21-9-8-20-39(40)53-51)57-42-23-11-6-18-35(42)38-29-37-34-17-5-10-22-41(34)55-45-28-26-31-14-2-4-16-33(31)47(45)48(49(37)55)50(38)57/h1-29H. The van der Waals surface area contributed by atoms with E-state index in [-0.39, 0.29) is 0 Å². The van der Waals surface area contributed by atoms with Crippen molar-refractivity contribution in [2.45, 2.75) is 0 Å². The van der Waals surface area contributed by atoms with Crippen LogP contribution in [-0.2, 0) is 0 Å². The first kappa shape index (κ1) is 29.6. The fraction of sp³-hybridized carbons (Fsp3) is 0. The summed E-state index contributed by atoms with van der Waals surface area (Å²) in [6.45, 7) is 0. The first-order valence-electron chi connectivity index (χ1n) is 19.5. The third kappa shape index (κ3) is 3.64. The van der Waals surface area contributed by atoms with E-state index in [9.17, 15) is 0 Å². The van der Waals surface area contributed by atoms with Gasteiger partial charge in [-0.15, -0.1) is 0 Å². The highest BCUT2D eigenvalue weighted by molar-refractivity contribution is 6.37. The third-order valence-corrected chi connectivity index (χ3v) is 12.5. The molecule has 262 valence electrons. The zero-order valence-electron chi connectivity index (χ0n) is 30.5. The second-order valence-corrected chi connectivity index (χ2v) is 15.3. The predicted molar refractivity (Wildman–Crippen MR) is 238 cm³/mol. The Bertz CT molecular complexity index is 4050. The van der Waals surface area contributed by atoms with Crippen molar-refractivity contribution >= 4 is 114 Å². The molecule has 0 bridgehead atoms. The molecule has 5 heterocycles. The summed E-state index contributed by atoms with van der Waals surface area (Å²) >= 11 is 0. The second kappa shape index (κ2) is 10.5. The summed E-state index contributed by atoms with van der Waals surface area (Å²) < 4.78 is 7.27. The van der Waals surface area contributed by atoms with Crippen LogP contribution in [0.15, 0.2) is 176 Å². The molecule has 0 aliphatic rings. The van der Waals surface area contributed by atoms with Crippen LogP contribution in [0.5, 0.6) is 0 Å². The lowest BCUT2D eigenvalue weighted by atomic mass is 10.00. The van der Waals surface area contributed by atoms with Gasteiger partial charge in [0.1, 0.15) is 0 Å². The van der Waals surface area contributed by atoms with Gasteiger partial charge in [0.05, 0.1) is 49.7 Å². The van der Waals surface area contributed by atoms with Crippen LogP contribution in [0.2, 0.25) is 0 Å². The summed E-state index contributed by atoms with van der Waals surface area (Å²) in [5.74, 6) is 1.59. The van der Waals surface area contributed by atoms with Gasteiger partial charge in [0.25, 0.3) is 0 Å². The Morgan fingerprint density at radius 3 is 1.49 bits per heavy atom. The van der Waals surface area contributed by atoms with E-state index in [1.54, 1.807) is 0 Å². The molecule has 0 aliphatic heterocycles. The maximum atomic E-state index is 5.66. The van der Waals surface area contributed by atoms with E-state index in [0.717, 1.165) is 44.7 Å². The van der Waals surface area contributed by atoms with Gasteiger partial charge in [-0.3, -0.25) is 9.13 Å². The summed E-state index contributed by atoms with van der Waals surface area (Å²) in [6, 6.07) is 63.7. The van der Waals surface area contributed by atoms with Gasteiger partial charge in [0.2, 0.25) is 0 Å². The van der Waals surface area contributed by atoms with E-state index in [2.05, 4.69) is 189 Å². The van der Waals surface area contributed by atoms with Gasteiger partial charge in [-0.25, -0.2) is 9.97 Å². The van der Waals surface area contributed by atoms with E-state index >= 15 is 0 Å². The van der Waals surface area contributed by atoms with Gasteiger partial charge in [0, 0.05) is 43.1 Å². The van der Waals surface area contributed by atoms with Crippen molar-refractivity contribution in [1.29, 1.82) is 0 Å². The molecule has 5 nitrogen and oxygen atoms in total. The van der Waals surface area contributed by atoms with Crippen molar-refractivity contribution in [3.8, 4) is 11.6 Å². The van der Waals surface area contributed by atoms with Crippen LogP contribution in [-0.4, -0.2) is 23.5 Å². The van der Waals surface area contributed by atoms with Gasteiger partial charge in [-0.05, 0) is 70.1 Å². The molecule has 0 amide bonds. The topological polar surface area (TPSA) is 40.0 Å². The molecule has 5 heteroatoms. The van der Waals surface area contributed by atoms with Gasteiger partial charge < -0.3 is 4.40 Å². The van der Waals surface area contributed by atoms with E-state index in [1.807, 2.05) is 0 Å². The van der Waals surface area contributed by atoms with Crippen LogP contribution in [0.4, 0.5) is 0 Å². The Hall–Kier alpha value is -7.76. The normalized spacial score (nSPS) is 12.6. The van der Waals surface area contributed by atoms with Crippen LogP contribution < -0.4 is 0 Å². The second-order valence-electron chi connectivity index (χ2n) is 15.3. The van der Waals surface area contributed by atoms with Gasteiger partial charge >= 0.3 is 0 Å². The zero-order chi connectivity index (χ0) is 36.9. The summed E-state index contributed by atoms with van der Waals surface area (Å²) in [5.41, 5.74) is 9.80. The smallest absolute Gasteiger partial charge is 0.182 e. The van der Waals surface area contributed by atoms with Crippen LogP contribution in [0.3, 0.4) is 0 Å². The molecule has 57 heavy (non-hydrogen) atoms. The Morgan fingerprint density at radius 2 is 0.789 bits per heavy atom. The number of para-hydroxylation sites is 5. The lowest BCUT2D eigenvalue weighted by Crippen LogP contribution is -2.09. The minimum absolute atomic E-state index is 0.793. The highest BCUT2D eigenvalue weighted by Gasteiger charge is 2.28. The Kier molecular flexibility index (Phi) is 5.45. The Balaban J connectivity index is 1.26. The van der Waals surface area contributed by atoms with Crippen LogP contribution in [0.1, 0.15) is 0 Å². The molecule has 0 radical (unpaired) electrons. The van der Waals surface area contributed by atoms with Crippen molar-refractivity contribution < 1.29 is 0 Å². The quantitative estimate of drug-likeness (QED) is 0.178. The maximum absolute atomic E-state index is 5.66.